The Hall–Kier alpha value is -2.99. The van der Waals surface area contributed by atoms with Gasteiger partial charge in [-0.1, -0.05) is 18.5 Å². The smallest absolute Gasteiger partial charge is 0.270 e. The van der Waals surface area contributed by atoms with Crippen molar-refractivity contribution < 1.29 is 14.3 Å². The highest BCUT2D eigenvalue weighted by Crippen LogP contribution is 2.33. The quantitative estimate of drug-likeness (QED) is 0.607. The van der Waals surface area contributed by atoms with E-state index < -0.39 is 0 Å². The molecular weight excluding hydrogens is 390 g/mol. The first-order valence-corrected chi connectivity index (χ1v) is 9.73. The molecule has 0 radical (unpaired) electrons. The summed E-state index contributed by atoms with van der Waals surface area (Å²) in [7, 11) is 3.19. The summed E-state index contributed by atoms with van der Waals surface area (Å²) in [6.07, 6.45) is 0.833. The normalized spacial score (nSPS) is 11.8. The lowest BCUT2D eigenvalue weighted by molar-refractivity contribution is 0.0931. The minimum Gasteiger partial charge on any atom is -0.497 e. The highest BCUT2D eigenvalue weighted by atomic mass is 35.5. The molecule has 7 heteroatoms. The summed E-state index contributed by atoms with van der Waals surface area (Å²) in [4.78, 5) is 12.9. The second-order valence-corrected chi connectivity index (χ2v) is 7.09. The van der Waals surface area contributed by atoms with E-state index in [4.69, 9.17) is 26.2 Å². The standard InChI is InChI=1S/C22H24ClN3O3/c1-5-14(2)24-22(27)20-13-19(18-11-10-17(28-3)12-21(18)29-4)25-26(20)16-8-6-15(23)7-9-16/h6-14H,5H2,1-4H3,(H,24,27)/t14-/m0/s1. The number of carbonyl (C=O) groups excluding carboxylic acids is 1. The molecule has 0 spiro atoms. The van der Waals surface area contributed by atoms with Gasteiger partial charge in [0, 0.05) is 22.7 Å². The lowest BCUT2D eigenvalue weighted by atomic mass is 10.1. The van der Waals surface area contributed by atoms with Crippen molar-refractivity contribution in [1.29, 1.82) is 0 Å². The first kappa shape index (κ1) is 20.7. The Morgan fingerprint density at radius 2 is 1.86 bits per heavy atom. The zero-order valence-corrected chi connectivity index (χ0v) is 17.7. The minimum atomic E-state index is -0.194. The Labute approximate surface area is 175 Å². The molecule has 0 fully saturated rings. The first-order valence-electron chi connectivity index (χ1n) is 9.36. The number of halogens is 1. The van der Waals surface area contributed by atoms with Gasteiger partial charge < -0.3 is 14.8 Å². The van der Waals surface area contributed by atoms with Crippen LogP contribution >= 0.6 is 11.6 Å². The van der Waals surface area contributed by atoms with Crippen molar-refractivity contribution in [2.75, 3.05) is 14.2 Å². The van der Waals surface area contributed by atoms with Gasteiger partial charge in [-0.25, -0.2) is 4.68 Å². The van der Waals surface area contributed by atoms with Crippen LogP contribution in [0.25, 0.3) is 16.9 Å². The average molecular weight is 414 g/mol. The maximum Gasteiger partial charge on any atom is 0.270 e. The van der Waals surface area contributed by atoms with Crippen molar-refractivity contribution >= 4 is 17.5 Å². The Kier molecular flexibility index (Phi) is 6.44. The summed E-state index contributed by atoms with van der Waals surface area (Å²) in [5.74, 6) is 1.09. The maximum atomic E-state index is 12.9. The summed E-state index contributed by atoms with van der Waals surface area (Å²) in [5, 5.41) is 8.31. The third kappa shape index (κ3) is 4.54. The van der Waals surface area contributed by atoms with Crippen molar-refractivity contribution in [2.24, 2.45) is 0 Å². The van der Waals surface area contributed by atoms with Crippen LogP contribution in [0.3, 0.4) is 0 Å². The molecule has 1 amide bonds. The summed E-state index contributed by atoms with van der Waals surface area (Å²) in [5.41, 5.74) is 2.55. The molecule has 0 aliphatic carbocycles. The first-order chi connectivity index (χ1) is 14.0. The highest BCUT2D eigenvalue weighted by Gasteiger charge is 2.20. The summed E-state index contributed by atoms with van der Waals surface area (Å²) >= 11 is 6.02. The summed E-state index contributed by atoms with van der Waals surface area (Å²) < 4.78 is 12.4. The number of nitrogens with zero attached hydrogens (tertiary/aromatic N) is 2. The molecule has 3 rings (SSSR count). The maximum absolute atomic E-state index is 12.9. The average Bonchev–Trinajstić information content (AvgIpc) is 3.19. The molecule has 2 aromatic carbocycles. The molecule has 0 aliphatic heterocycles. The number of aromatic nitrogens is 2. The number of benzene rings is 2. The Morgan fingerprint density at radius 3 is 2.48 bits per heavy atom. The fourth-order valence-corrected chi connectivity index (χ4v) is 2.99. The van der Waals surface area contributed by atoms with Crippen molar-refractivity contribution in [3.05, 3.63) is 59.2 Å². The zero-order chi connectivity index (χ0) is 21.0. The molecule has 6 nitrogen and oxygen atoms in total. The van der Waals surface area contributed by atoms with Crippen LogP contribution < -0.4 is 14.8 Å². The van der Waals surface area contributed by atoms with Crippen LogP contribution in [-0.2, 0) is 0 Å². The highest BCUT2D eigenvalue weighted by molar-refractivity contribution is 6.30. The number of rotatable bonds is 7. The van der Waals surface area contributed by atoms with Gasteiger partial charge in [0.25, 0.3) is 5.91 Å². The predicted octanol–water partition coefficient (Wildman–Crippen LogP) is 4.74. The summed E-state index contributed by atoms with van der Waals surface area (Å²) in [6, 6.07) is 14.5. The Morgan fingerprint density at radius 1 is 1.14 bits per heavy atom. The molecule has 152 valence electrons. The monoisotopic (exact) mass is 413 g/mol. The van der Waals surface area contributed by atoms with Gasteiger partial charge in [-0.05, 0) is 55.8 Å². The fraction of sp³-hybridized carbons (Fsp3) is 0.273. The van der Waals surface area contributed by atoms with Gasteiger partial charge in [-0.3, -0.25) is 4.79 Å². The van der Waals surface area contributed by atoms with Gasteiger partial charge >= 0.3 is 0 Å². The van der Waals surface area contributed by atoms with E-state index in [0.717, 1.165) is 17.7 Å². The van der Waals surface area contributed by atoms with Crippen molar-refractivity contribution in [1.82, 2.24) is 15.1 Å². The number of hydrogen-bond acceptors (Lipinski definition) is 4. The topological polar surface area (TPSA) is 65.4 Å². The van der Waals surface area contributed by atoms with E-state index in [2.05, 4.69) is 5.32 Å². The van der Waals surface area contributed by atoms with Gasteiger partial charge in [-0.15, -0.1) is 0 Å². The van der Waals surface area contributed by atoms with E-state index in [9.17, 15) is 4.79 Å². The van der Waals surface area contributed by atoms with Crippen molar-refractivity contribution in [3.8, 4) is 28.4 Å². The Bertz CT molecular complexity index is 999. The van der Waals surface area contributed by atoms with Crippen LogP contribution in [0.4, 0.5) is 0 Å². The molecule has 0 unspecified atom stereocenters. The van der Waals surface area contributed by atoms with E-state index in [-0.39, 0.29) is 11.9 Å². The van der Waals surface area contributed by atoms with Gasteiger partial charge in [0.2, 0.25) is 0 Å². The fourth-order valence-electron chi connectivity index (χ4n) is 2.86. The number of methoxy groups -OCH3 is 2. The lowest BCUT2D eigenvalue weighted by Gasteiger charge is -2.12. The van der Waals surface area contributed by atoms with E-state index in [0.29, 0.717) is 27.9 Å². The molecule has 29 heavy (non-hydrogen) atoms. The van der Waals surface area contributed by atoms with Gasteiger partial charge in [0.15, 0.2) is 0 Å². The molecule has 0 aliphatic rings. The molecule has 1 N–H and O–H groups in total. The molecule has 1 atom stereocenters. The van der Waals surface area contributed by atoms with Crippen LogP contribution in [0, 0.1) is 0 Å². The predicted molar refractivity (Wildman–Crippen MR) is 114 cm³/mol. The third-order valence-electron chi connectivity index (χ3n) is 4.69. The Balaban J connectivity index is 2.11. The SMILES string of the molecule is CC[C@H](C)NC(=O)c1cc(-c2ccc(OC)cc2OC)nn1-c1ccc(Cl)cc1. The molecular formula is C22H24ClN3O3. The minimum absolute atomic E-state index is 0.0510. The zero-order valence-electron chi connectivity index (χ0n) is 16.9. The van der Waals surface area contributed by atoms with Crippen LogP contribution in [-0.4, -0.2) is 35.9 Å². The van der Waals surface area contributed by atoms with Crippen LogP contribution in [0.15, 0.2) is 48.5 Å². The number of hydrogen-bond donors (Lipinski definition) is 1. The third-order valence-corrected chi connectivity index (χ3v) is 4.94. The van der Waals surface area contributed by atoms with Gasteiger partial charge in [-0.2, -0.15) is 5.10 Å². The summed E-state index contributed by atoms with van der Waals surface area (Å²) in [6.45, 7) is 3.99. The van der Waals surface area contributed by atoms with Gasteiger partial charge in [0.1, 0.15) is 17.2 Å². The number of amides is 1. The largest absolute Gasteiger partial charge is 0.497 e. The molecule has 0 saturated heterocycles. The van der Waals surface area contributed by atoms with Gasteiger partial charge in [0.05, 0.1) is 25.6 Å². The van der Waals surface area contributed by atoms with Crippen LogP contribution in [0.2, 0.25) is 5.02 Å². The molecule has 1 aromatic heterocycles. The number of ether oxygens (including phenoxy) is 2. The van der Waals surface area contributed by atoms with E-state index in [1.807, 2.05) is 38.1 Å². The molecule has 1 heterocycles. The van der Waals surface area contributed by atoms with Crippen molar-refractivity contribution in [3.63, 3.8) is 0 Å². The number of nitrogens with one attached hydrogen (secondary N) is 1. The van der Waals surface area contributed by atoms with E-state index in [1.54, 1.807) is 43.2 Å². The second kappa shape index (κ2) is 9.01. The molecule has 0 bridgehead atoms. The van der Waals surface area contributed by atoms with E-state index in [1.165, 1.54) is 0 Å². The second-order valence-electron chi connectivity index (χ2n) is 6.65. The van der Waals surface area contributed by atoms with Crippen LogP contribution in [0.1, 0.15) is 30.8 Å². The van der Waals surface area contributed by atoms with E-state index >= 15 is 0 Å². The molecule has 3 aromatic rings. The number of carbonyl (C=O) groups is 1. The van der Waals surface area contributed by atoms with Crippen molar-refractivity contribution in [2.45, 2.75) is 26.3 Å². The molecule has 0 saturated carbocycles. The lowest BCUT2D eigenvalue weighted by Crippen LogP contribution is -2.33. The van der Waals surface area contributed by atoms with Crippen LogP contribution in [0.5, 0.6) is 11.5 Å².